The number of rotatable bonds is 5. The van der Waals surface area contributed by atoms with Crippen molar-refractivity contribution in [2.45, 2.75) is 5.41 Å². The van der Waals surface area contributed by atoms with Gasteiger partial charge < -0.3 is 9.13 Å². The molecule has 0 atom stereocenters. The Morgan fingerprint density at radius 2 is 0.807 bits per heavy atom. The van der Waals surface area contributed by atoms with Gasteiger partial charge in [0.1, 0.15) is 0 Å². The summed E-state index contributed by atoms with van der Waals surface area (Å²) < 4.78 is 5.01. The van der Waals surface area contributed by atoms with Crippen molar-refractivity contribution < 1.29 is 0 Å². The second-order valence-corrected chi connectivity index (χ2v) is 15.3. The van der Waals surface area contributed by atoms with Crippen molar-refractivity contribution in [3.63, 3.8) is 0 Å². The third kappa shape index (κ3) is 4.53. The molecule has 2 aromatic heterocycles. The van der Waals surface area contributed by atoms with Crippen molar-refractivity contribution >= 4 is 43.6 Å². The molecule has 0 N–H and O–H groups in total. The predicted molar refractivity (Wildman–Crippen MR) is 238 cm³/mol. The van der Waals surface area contributed by atoms with Crippen LogP contribution in [0, 0.1) is 0 Å². The van der Waals surface area contributed by atoms with E-state index in [1.807, 2.05) is 0 Å². The molecule has 1 aliphatic heterocycles. The molecule has 0 bridgehead atoms. The van der Waals surface area contributed by atoms with Crippen molar-refractivity contribution in [2.24, 2.45) is 0 Å². The average molecular weight is 725 g/mol. The number of benzene rings is 9. The van der Waals surface area contributed by atoms with Crippen molar-refractivity contribution in [1.82, 2.24) is 9.13 Å². The zero-order valence-electron chi connectivity index (χ0n) is 31.2. The Kier molecular flexibility index (Phi) is 6.88. The highest BCUT2D eigenvalue weighted by Crippen LogP contribution is 2.56. The molecule has 266 valence electrons. The minimum absolute atomic E-state index is 0.650. The Morgan fingerprint density at radius 1 is 0.298 bits per heavy atom. The van der Waals surface area contributed by atoms with Gasteiger partial charge in [0.15, 0.2) is 0 Å². The number of aromatic nitrogens is 2. The molecule has 1 aliphatic rings. The Hall–Kier alpha value is -7.42. The fourth-order valence-electron chi connectivity index (χ4n) is 9.96. The van der Waals surface area contributed by atoms with E-state index in [1.165, 1.54) is 93.8 Å². The number of hydrogen-bond acceptors (Lipinski definition) is 0. The minimum Gasteiger partial charge on any atom is -0.309 e. The molecule has 9 aromatic carbocycles. The first kappa shape index (κ1) is 31.9. The maximum Gasteiger partial charge on any atom is 0.0743 e. The van der Waals surface area contributed by atoms with E-state index in [9.17, 15) is 0 Å². The van der Waals surface area contributed by atoms with Gasteiger partial charge in [-0.3, -0.25) is 0 Å². The third-order valence-electron chi connectivity index (χ3n) is 12.4. The molecule has 0 aliphatic carbocycles. The summed E-state index contributed by atoms with van der Waals surface area (Å²) in [5.41, 5.74) is 16.4. The normalized spacial score (nSPS) is 13.1. The predicted octanol–water partition coefficient (Wildman–Crippen LogP) is 13.9. The van der Waals surface area contributed by atoms with Crippen LogP contribution in [0.25, 0.3) is 77.2 Å². The lowest BCUT2D eigenvalue weighted by Crippen LogP contribution is -2.35. The van der Waals surface area contributed by atoms with Crippen molar-refractivity contribution in [3.8, 4) is 33.6 Å². The van der Waals surface area contributed by atoms with Crippen LogP contribution in [0.2, 0.25) is 0 Å². The lowest BCUT2D eigenvalue weighted by molar-refractivity contribution is 0.727. The van der Waals surface area contributed by atoms with E-state index in [4.69, 9.17) is 0 Å². The number of para-hydroxylation sites is 2. The van der Waals surface area contributed by atoms with E-state index in [-0.39, 0.29) is 0 Å². The van der Waals surface area contributed by atoms with Crippen LogP contribution < -0.4 is 0 Å². The minimum atomic E-state index is -0.650. The first-order valence-electron chi connectivity index (χ1n) is 19.8. The molecule has 0 unspecified atom stereocenters. The molecule has 0 radical (unpaired) electrons. The van der Waals surface area contributed by atoms with E-state index in [0.29, 0.717) is 0 Å². The Labute approximate surface area is 331 Å². The molecule has 57 heavy (non-hydrogen) atoms. The zero-order chi connectivity index (χ0) is 37.5. The van der Waals surface area contributed by atoms with E-state index >= 15 is 0 Å². The maximum atomic E-state index is 2.55. The van der Waals surface area contributed by atoms with Crippen molar-refractivity contribution in [1.29, 1.82) is 0 Å². The molecule has 12 rings (SSSR count). The lowest BCUT2D eigenvalue weighted by atomic mass is 9.62. The fraction of sp³-hybridized carbons (Fsp3) is 0.0182. The monoisotopic (exact) mass is 724 g/mol. The van der Waals surface area contributed by atoms with Gasteiger partial charge in [-0.25, -0.2) is 0 Å². The van der Waals surface area contributed by atoms with Gasteiger partial charge in [-0.05, 0) is 99.1 Å². The quantitative estimate of drug-likeness (QED) is 0.167. The summed E-state index contributed by atoms with van der Waals surface area (Å²) in [6, 6.07) is 80.8. The number of hydrogen-bond donors (Lipinski definition) is 0. The molecular formula is C55H36N2. The van der Waals surface area contributed by atoms with Gasteiger partial charge >= 0.3 is 0 Å². The van der Waals surface area contributed by atoms with Gasteiger partial charge in [-0.15, -0.1) is 0 Å². The molecule has 2 heteroatoms. The van der Waals surface area contributed by atoms with E-state index in [0.717, 1.165) is 5.69 Å². The fourth-order valence-corrected chi connectivity index (χ4v) is 9.96. The van der Waals surface area contributed by atoms with Gasteiger partial charge in [-0.1, -0.05) is 164 Å². The van der Waals surface area contributed by atoms with Gasteiger partial charge in [0, 0.05) is 27.2 Å². The zero-order valence-corrected chi connectivity index (χ0v) is 31.2. The summed E-state index contributed by atoms with van der Waals surface area (Å²) in [7, 11) is 0. The first-order chi connectivity index (χ1) is 28.3. The molecule has 11 aromatic rings. The van der Waals surface area contributed by atoms with Gasteiger partial charge in [0.2, 0.25) is 0 Å². The summed E-state index contributed by atoms with van der Waals surface area (Å²) in [5, 5.41) is 5.02. The molecule has 0 amide bonds. The average Bonchev–Trinajstić information content (AvgIpc) is 3.81. The number of fused-ring (bicyclic) bond motifs is 8. The van der Waals surface area contributed by atoms with Crippen LogP contribution in [0.4, 0.5) is 0 Å². The van der Waals surface area contributed by atoms with Gasteiger partial charge in [0.25, 0.3) is 0 Å². The van der Waals surface area contributed by atoms with Crippen LogP contribution in [-0.2, 0) is 5.41 Å². The summed E-state index contributed by atoms with van der Waals surface area (Å²) in [6.07, 6.45) is 0. The molecular weight excluding hydrogens is 689 g/mol. The molecule has 3 heterocycles. The highest BCUT2D eigenvalue weighted by molar-refractivity contribution is 6.15. The second-order valence-electron chi connectivity index (χ2n) is 15.3. The highest BCUT2D eigenvalue weighted by atomic mass is 15.0. The molecule has 0 saturated heterocycles. The second kappa shape index (κ2) is 12.3. The van der Waals surface area contributed by atoms with Crippen LogP contribution in [0.5, 0.6) is 0 Å². The van der Waals surface area contributed by atoms with E-state index in [1.54, 1.807) is 0 Å². The SMILES string of the molecule is c1ccc(-c2ccc3c(c2)c2cc(-c4ccccc4)cc4c2n3-c2ccc(-n3c5ccccc5c5ccccc53)cc2C4(c2ccccc2)c2ccccc2)cc1. The van der Waals surface area contributed by atoms with Crippen molar-refractivity contribution in [2.75, 3.05) is 0 Å². The van der Waals surface area contributed by atoms with Crippen molar-refractivity contribution in [3.05, 3.63) is 241 Å². The Morgan fingerprint density at radius 3 is 1.42 bits per heavy atom. The lowest BCUT2D eigenvalue weighted by Gasteiger charge is -2.42. The van der Waals surface area contributed by atoms with Crippen LogP contribution in [0.15, 0.2) is 218 Å². The third-order valence-corrected chi connectivity index (χ3v) is 12.4. The van der Waals surface area contributed by atoms with Crippen LogP contribution in [0.1, 0.15) is 22.3 Å². The molecule has 0 spiro atoms. The van der Waals surface area contributed by atoms with Crippen LogP contribution in [0.3, 0.4) is 0 Å². The number of nitrogens with zero attached hydrogens (tertiary/aromatic N) is 2. The molecule has 2 nitrogen and oxygen atoms in total. The summed E-state index contributed by atoms with van der Waals surface area (Å²) in [5.74, 6) is 0. The Balaban J connectivity index is 1.28. The molecule has 0 saturated carbocycles. The van der Waals surface area contributed by atoms with Gasteiger partial charge in [0.05, 0.1) is 33.2 Å². The van der Waals surface area contributed by atoms with Crippen LogP contribution >= 0.6 is 0 Å². The standard InChI is InChI=1S/C55H36N2/c1-5-17-37(18-6-1)39-29-31-52-46(33-39)47-34-40(38-19-7-2-8-20-38)35-49-54(47)57(52)53-32-30-43(56-50-27-15-13-25-44(50)45-26-14-16-28-51(45)56)36-48(53)55(49,41-21-9-3-10-22-41)42-23-11-4-12-24-42/h1-36H. The van der Waals surface area contributed by atoms with Crippen LogP contribution in [-0.4, -0.2) is 9.13 Å². The maximum absolute atomic E-state index is 2.55. The highest BCUT2D eigenvalue weighted by Gasteiger charge is 2.46. The van der Waals surface area contributed by atoms with E-state index < -0.39 is 5.41 Å². The van der Waals surface area contributed by atoms with Gasteiger partial charge in [-0.2, -0.15) is 0 Å². The molecule has 0 fully saturated rings. The first-order valence-corrected chi connectivity index (χ1v) is 19.8. The summed E-state index contributed by atoms with van der Waals surface area (Å²) >= 11 is 0. The Bertz CT molecular complexity index is 3230. The summed E-state index contributed by atoms with van der Waals surface area (Å²) in [6.45, 7) is 0. The topological polar surface area (TPSA) is 9.86 Å². The summed E-state index contributed by atoms with van der Waals surface area (Å²) in [4.78, 5) is 0. The largest absolute Gasteiger partial charge is 0.309 e. The van der Waals surface area contributed by atoms with E-state index in [2.05, 4.69) is 228 Å². The smallest absolute Gasteiger partial charge is 0.0743 e.